The molecule has 1 unspecified atom stereocenters. The lowest BCUT2D eigenvalue weighted by Gasteiger charge is -2.43. The van der Waals surface area contributed by atoms with Crippen molar-refractivity contribution < 1.29 is 19.1 Å². The summed E-state index contributed by atoms with van der Waals surface area (Å²) < 4.78 is 7.30. The number of halogens is 1. The van der Waals surface area contributed by atoms with Gasteiger partial charge in [-0.3, -0.25) is 19.2 Å². The van der Waals surface area contributed by atoms with Gasteiger partial charge in [0.05, 0.1) is 13.2 Å². The monoisotopic (exact) mass is 572 g/mol. The molecular weight excluding hydrogens is 547 g/mol. The van der Waals surface area contributed by atoms with Crippen LogP contribution in [-0.2, 0) is 27.0 Å². The van der Waals surface area contributed by atoms with Gasteiger partial charge in [-0.2, -0.15) is 5.10 Å². The van der Waals surface area contributed by atoms with E-state index < -0.39 is 17.4 Å². The number of carbonyl (C=O) groups excluding carboxylic acids is 3. The van der Waals surface area contributed by atoms with Crippen LogP contribution in [0.2, 0.25) is 0 Å². The summed E-state index contributed by atoms with van der Waals surface area (Å²) in [5.41, 5.74) is 1.65. The van der Waals surface area contributed by atoms with E-state index in [2.05, 4.69) is 33.0 Å². The van der Waals surface area contributed by atoms with Crippen LogP contribution in [-0.4, -0.2) is 39.7 Å². The molecule has 1 atom stereocenters. The Balaban J connectivity index is 1.72. The first kappa shape index (κ1) is 23.9. The molecule has 9 heteroatoms. The van der Waals surface area contributed by atoms with Gasteiger partial charge in [-0.05, 0) is 37.1 Å². The molecule has 0 saturated carbocycles. The summed E-state index contributed by atoms with van der Waals surface area (Å²) in [6, 6.07) is 18.5. The van der Waals surface area contributed by atoms with Crippen molar-refractivity contribution in [2.75, 3.05) is 11.5 Å². The number of anilines is 1. The molecule has 0 saturated heterocycles. The van der Waals surface area contributed by atoms with Gasteiger partial charge in [-0.1, -0.05) is 65.1 Å². The maximum atomic E-state index is 13.7. The minimum Gasteiger partial charge on any atom is -0.461 e. The minimum absolute atomic E-state index is 0.0411. The Hall–Kier alpha value is -3.21. The number of ether oxygens (including phenoxy) is 1. The van der Waals surface area contributed by atoms with Gasteiger partial charge in [0.2, 0.25) is 5.91 Å². The lowest BCUT2D eigenvalue weighted by Crippen LogP contribution is -2.64. The zero-order chi connectivity index (χ0) is 24.3. The van der Waals surface area contributed by atoms with Crippen molar-refractivity contribution in [3.05, 3.63) is 83.2 Å². The topological polar surface area (TPSA) is 93.5 Å². The van der Waals surface area contributed by atoms with Gasteiger partial charge in [-0.25, -0.2) is 4.79 Å². The van der Waals surface area contributed by atoms with E-state index in [1.807, 2.05) is 54.6 Å². The van der Waals surface area contributed by atoms with Crippen LogP contribution in [0.3, 0.4) is 0 Å². The highest BCUT2D eigenvalue weighted by Crippen LogP contribution is 2.33. The first-order valence-electron chi connectivity index (χ1n) is 10.9. The Morgan fingerprint density at radius 1 is 1.12 bits per heavy atom. The van der Waals surface area contributed by atoms with Crippen LogP contribution in [0.15, 0.2) is 60.7 Å². The molecule has 8 nitrogen and oxygen atoms in total. The van der Waals surface area contributed by atoms with E-state index in [-0.39, 0.29) is 30.4 Å². The van der Waals surface area contributed by atoms with Gasteiger partial charge in [0, 0.05) is 22.7 Å². The summed E-state index contributed by atoms with van der Waals surface area (Å²) in [4.78, 5) is 41.0. The largest absolute Gasteiger partial charge is 0.461 e. The van der Waals surface area contributed by atoms with Crippen molar-refractivity contribution in [1.29, 1.82) is 0 Å². The van der Waals surface area contributed by atoms with E-state index in [1.54, 1.807) is 13.8 Å². The maximum absolute atomic E-state index is 13.7. The second kappa shape index (κ2) is 9.96. The molecule has 176 valence electrons. The fraction of sp³-hybridized carbons (Fsp3) is 0.280. The van der Waals surface area contributed by atoms with Gasteiger partial charge in [0.15, 0.2) is 5.69 Å². The highest BCUT2D eigenvalue weighted by molar-refractivity contribution is 14.1. The second-order valence-electron chi connectivity index (χ2n) is 8.18. The normalized spacial score (nSPS) is 17.3. The van der Waals surface area contributed by atoms with Crippen LogP contribution in [0.5, 0.6) is 0 Å². The van der Waals surface area contributed by atoms with Crippen LogP contribution < -0.4 is 10.2 Å². The number of amides is 2. The van der Waals surface area contributed by atoms with Crippen LogP contribution in [0.1, 0.15) is 46.0 Å². The fourth-order valence-electron chi connectivity index (χ4n) is 3.99. The van der Waals surface area contributed by atoms with Gasteiger partial charge in [0.25, 0.3) is 5.91 Å². The molecule has 34 heavy (non-hydrogen) atoms. The highest BCUT2D eigenvalue weighted by atomic mass is 127. The molecule has 1 aromatic heterocycles. The minimum atomic E-state index is -1.28. The van der Waals surface area contributed by atoms with Crippen molar-refractivity contribution in [3.63, 3.8) is 0 Å². The number of nitrogens with one attached hydrogen (secondary N) is 1. The highest BCUT2D eigenvalue weighted by Gasteiger charge is 2.49. The van der Waals surface area contributed by atoms with E-state index in [9.17, 15) is 14.4 Å². The van der Waals surface area contributed by atoms with Crippen molar-refractivity contribution >= 4 is 46.1 Å². The Labute approximate surface area is 211 Å². The first-order chi connectivity index (χ1) is 16.4. The molecule has 2 heterocycles. The third-order valence-electron chi connectivity index (χ3n) is 5.77. The van der Waals surface area contributed by atoms with Crippen molar-refractivity contribution in [3.8, 4) is 0 Å². The molecule has 0 radical (unpaired) electrons. The van der Waals surface area contributed by atoms with E-state index in [1.165, 1.54) is 15.6 Å². The van der Waals surface area contributed by atoms with Gasteiger partial charge >= 0.3 is 5.97 Å². The molecule has 1 aliphatic heterocycles. The second-order valence-corrected chi connectivity index (χ2v) is 8.94. The standard InChI is InChI=1S/C25H25IN4O4/c1-3-34-23(32)20-13-21-22(31)30(19-11-9-17(14-26)10-12-19)25(2,16-29(21)28-20)24(33)27-15-18-7-5-4-6-8-18/h4-13H,3,14-16H2,1-2H3,(H,27,33). The maximum Gasteiger partial charge on any atom is 0.358 e. The molecule has 0 fully saturated rings. The summed E-state index contributed by atoms with van der Waals surface area (Å²) in [5.74, 6) is -1.33. The molecule has 3 aromatic rings. The summed E-state index contributed by atoms with van der Waals surface area (Å²) in [7, 11) is 0. The number of rotatable bonds is 7. The van der Waals surface area contributed by atoms with E-state index >= 15 is 0 Å². The van der Waals surface area contributed by atoms with E-state index in [0.29, 0.717) is 12.2 Å². The SMILES string of the molecule is CCOC(=O)c1cc2n(n1)CC(C)(C(=O)NCc1ccccc1)N(c1ccc(CI)cc1)C2=O. The predicted molar refractivity (Wildman–Crippen MR) is 136 cm³/mol. The molecule has 1 N–H and O–H groups in total. The van der Waals surface area contributed by atoms with Crippen LogP contribution in [0, 0.1) is 0 Å². The lowest BCUT2D eigenvalue weighted by molar-refractivity contribution is -0.126. The van der Waals surface area contributed by atoms with Gasteiger partial charge in [-0.15, -0.1) is 0 Å². The smallest absolute Gasteiger partial charge is 0.358 e. The Morgan fingerprint density at radius 2 is 1.82 bits per heavy atom. The van der Waals surface area contributed by atoms with Crippen LogP contribution >= 0.6 is 22.6 Å². The number of aromatic nitrogens is 2. The molecular formula is C25H25IN4O4. The number of alkyl halides is 1. The van der Waals surface area contributed by atoms with E-state index in [4.69, 9.17) is 4.74 Å². The quantitative estimate of drug-likeness (QED) is 0.265. The Bertz CT molecular complexity index is 1210. The number of nitrogens with zero attached hydrogens (tertiary/aromatic N) is 3. The molecule has 0 bridgehead atoms. The number of hydrogen-bond acceptors (Lipinski definition) is 5. The van der Waals surface area contributed by atoms with Crippen molar-refractivity contribution in [2.45, 2.75) is 36.9 Å². The Morgan fingerprint density at radius 3 is 2.47 bits per heavy atom. The zero-order valence-corrected chi connectivity index (χ0v) is 21.1. The summed E-state index contributed by atoms with van der Waals surface area (Å²) in [5, 5.41) is 7.25. The third kappa shape index (κ3) is 4.56. The number of benzene rings is 2. The average molecular weight is 572 g/mol. The number of fused-ring (bicyclic) bond motifs is 1. The van der Waals surface area contributed by atoms with Crippen LogP contribution in [0.25, 0.3) is 0 Å². The van der Waals surface area contributed by atoms with Crippen molar-refractivity contribution in [2.24, 2.45) is 0 Å². The van der Waals surface area contributed by atoms with Crippen LogP contribution in [0.4, 0.5) is 5.69 Å². The van der Waals surface area contributed by atoms with Gasteiger partial charge < -0.3 is 10.1 Å². The van der Waals surface area contributed by atoms with Crippen molar-refractivity contribution in [1.82, 2.24) is 15.1 Å². The van der Waals surface area contributed by atoms with E-state index in [0.717, 1.165) is 15.6 Å². The summed E-state index contributed by atoms with van der Waals surface area (Å²) in [6.45, 7) is 4.03. The summed E-state index contributed by atoms with van der Waals surface area (Å²) in [6.07, 6.45) is 0. The van der Waals surface area contributed by atoms with Gasteiger partial charge in [0.1, 0.15) is 11.2 Å². The lowest BCUT2D eigenvalue weighted by atomic mass is 9.93. The molecule has 1 aliphatic rings. The molecule has 0 aliphatic carbocycles. The predicted octanol–water partition coefficient (Wildman–Crippen LogP) is 3.73. The zero-order valence-electron chi connectivity index (χ0n) is 19.0. The number of hydrogen-bond donors (Lipinski definition) is 1. The molecule has 2 amide bonds. The molecule has 4 rings (SSSR count). The third-order valence-corrected chi connectivity index (χ3v) is 6.65. The first-order valence-corrected chi connectivity index (χ1v) is 12.5. The molecule has 2 aromatic carbocycles. The number of carbonyl (C=O) groups is 3. The summed E-state index contributed by atoms with van der Waals surface area (Å²) >= 11 is 2.27. The Kier molecular flexibility index (Phi) is 7.01. The average Bonchev–Trinajstić information content (AvgIpc) is 3.28. The molecule has 0 spiro atoms. The number of esters is 1. The fourth-order valence-corrected chi connectivity index (χ4v) is 4.50.